The van der Waals surface area contributed by atoms with Crippen LogP contribution in [0.2, 0.25) is 0 Å². The number of carbonyl (C=O) groups is 1. The van der Waals surface area contributed by atoms with Crippen LogP contribution >= 0.6 is 0 Å². The molecular weight excluding hydrogens is 408 g/mol. The minimum absolute atomic E-state index is 0.164. The van der Waals surface area contributed by atoms with Crippen LogP contribution in [0.5, 0.6) is 5.75 Å². The molecule has 4 heteroatoms. The van der Waals surface area contributed by atoms with Crippen molar-refractivity contribution in [3.8, 4) is 5.75 Å². The zero-order valence-corrected chi connectivity index (χ0v) is 19.1. The maximum Gasteiger partial charge on any atom is 0.223 e. The number of rotatable bonds is 10. The minimum Gasteiger partial charge on any atom is -0.497 e. The first-order valence-electron chi connectivity index (χ1n) is 11.3. The van der Waals surface area contributed by atoms with E-state index in [-0.39, 0.29) is 5.91 Å². The third kappa shape index (κ3) is 6.36. The number of amides is 1. The molecule has 3 aromatic carbocycles. The molecule has 4 aromatic rings. The van der Waals surface area contributed by atoms with E-state index in [2.05, 4.69) is 53.2 Å². The molecule has 0 aliphatic rings. The highest BCUT2D eigenvalue weighted by Gasteiger charge is 2.17. The van der Waals surface area contributed by atoms with Crippen molar-refractivity contribution in [1.82, 2.24) is 9.47 Å². The van der Waals surface area contributed by atoms with Crippen molar-refractivity contribution in [3.05, 3.63) is 126 Å². The van der Waals surface area contributed by atoms with Gasteiger partial charge in [0, 0.05) is 31.4 Å². The fraction of sp³-hybridized carbons (Fsp3) is 0.207. The molecule has 1 amide bonds. The van der Waals surface area contributed by atoms with E-state index >= 15 is 0 Å². The van der Waals surface area contributed by atoms with Crippen LogP contribution in [-0.2, 0) is 30.8 Å². The molecule has 0 N–H and O–H groups in total. The Hall–Kier alpha value is -3.79. The Morgan fingerprint density at radius 3 is 2.21 bits per heavy atom. The Morgan fingerprint density at radius 1 is 0.788 bits per heavy atom. The van der Waals surface area contributed by atoms with Gasteiger partial charge >= 0.3 is 0 Å². The largest absolute Gasteiger partial charge is 0.497 e. The fourth-order valence-corrected chi connectivity index (χ4v) is 4.00. The van der Waals surface area contributed by atoms with E-state index in [1.54, 1.807) is 7.11 Å². The van der Waals surface area contributed by atoms with Gasteiger partial charge in [0.2, 0.25) is 5.91 Å². The van der Waals surface area contributed by atoms with Crippen LogP contribution in [0.25, 0.3) is 0 Å². The van der Waals surface area contributed by atoms with Crippen LogP contribution in [0.3, 0.4) is 0 Å². The van der Waals surface area contributed by atoms with Crippen LogP contribution < -0.4 is 4.74 Å². The van der Waals surface area contributed by atoms with Crippen LogP contribution in [0.4, 0.5) is 0 Å². The fourth-order valence-electron chi connectivity index (χ4n) is 4.00. The smallest absolute Gasteiger partial charge is 0.223 e. The summed E-state index contributed by atoms with van der Waals surface area (Å²) in [7, 11) is 1.68. The first kappa shape index (κ1) is 22.4. The van der Waals surface area contributed by atoms with Crippen molar-refractivity contribution in [2.24, 2.45) is 0 Å². The van der Waals surface area contributed by atoms with Crippen LogP contribution in [0, 0.1) is 0 Å². The van der Waals surface area contributed by atoms with Gasteiger partial charge in [-0.2, -0.15) is 0 Å². The molecule has 0 atom stereocenters. The average molecular weight is 439 g/mol. The van der Waals surface area contributed by atoms with Crippen LogP contribution in [0.15, 0.2) is 103 Å². The Labute approximate surface area is 196 Å². The lowest BCUT2D eigenvalue weighted by molar-refractivity contribution is -0.132. The highest BCUT2D eigenvalue weighted by Crippen LogP contribution is 2.18. The van der Waals surface area contributed by atoms with E-state index in [1.807, 2.05) is 59.5 Å². The first-order valence-corrected chi connectivity index (χ1v) is 11.3. The average Bonchev–Trinajstić information content (AvgIpc) is 3.30. The topological polar surface area (TPSA) is 34.5 Å². The van der Waals surface area contributed by atoms with E-state index in [1.165, 1.54) is 5.56 Å². The number of benzene rings is 3. The molecule has 0 bridgehead atoms. The maximum atomic E-state index is 13.3. The monoisotopic (exact) mass is 438 g/mol. The van der Waals surface area contributed by atoms with Crippen molar-refractivity contribution in [2.45, 2.75) is 32.5 Å². The van der Waals surface area contributed by atoms with Crippen LogP contribution in [-0.4, -0.2) is 22.5 Å². The van der Waals surface area contributed by atoms with Crippen molar-refractivity contribution in [1.29, 1.82) is 0 Å². The maximum absolute atomic E-state index is 13.3. The van der Waals surface area contributed by atoms with Gasteiger partial charge in [0.25, 0.3) is 0 Å². The molecule has 4 nitrogen and oxygen atoms in total. The van der Waals surface area contributed by atoms with Gasteiger partial charge < -0.3 is 14.2 Å². The number of aromatic nitrogens is 1. The standard InChI is InChI=1S/C29H30N2O2/c1-33-28-16-8-14-26(20-28)22-30-19-9-15-27(30)23-31(21-25-12-6-3-7-13-25)29(32)18-17-24-10-4-2-5-11-24/h2-16,19-20H,17-18,21-23H2,1H3. The van der Waals surface area contributed by atoms with Crippen LogP contribution in [0.1, 0.15) is 28.8 Å². The molecule has 168 valence electrons. The van der Waals surface area contributed by atoms with Crippen molar-refractivity contribution in [2.75, 3.05) is 7.11 Å². The quantitative estimate of drug-likeness (QED) is 0.318. The van der Waals surface area contributed by atoms with Crippen molar-refractivity contribution < 1.29 is 9.53 Å². The summed E-state index contributed by atoms with van der Waals surface area (Å²) in [5, 5.41) is 0. The van der Waals surface area contributed by atoms with Crippen molar-refractivity contribution in [3.63, 3.8) is 0 Å². The summed E-state index contributed by atoms with van der Waals surface area (Å²) < 4.78 is 7.57. The van der Waals surface area contributed by atoms with E-state index in [9.17, 15) is 4.79 Å². The van der Waals surface area contributed by atoms with E-state index < -0.39 is 0 Å². The van der Waals surface area contributed by atoms with Gasteiger partial charge in [-0.05, 0) is 47.4 Å². The highest BCUT2D eigenvalue weighted by atomic mass is 16.5. The molecule has 0 unspecified atom stereocenters. The lowest BCUT2D eigenvalue weighted by Gasteiger charge is -2.24. The van der Waals surface area contributed by atoms with E-state index in [4.69, 9.17) is 4.74 Å². The van der Waals surface area contributed by atoms with Crippen molar-refractivity contribution >= 4 is 5.91 Å². The minimum atomic E-state index is 0.164. The zero-order chi connectivity index (χ0) is 22.9. The van der Waals surface area contributed by atoms with Gasteiger partial charge in [0.1, 0.15) is 5.75 Å². The predicted octanol–water partition coefficient (Wildman–Crippen LogP) is 5.71. The zero-order valence-electron chi connectivity index (χ0n) is 19.1. The molecule has 0 spiro atoms. The summed E-state index contributed by atoms with van der Waals surface area (Å²) in [6, 6.07) is 32.7. The lowest BCUT2D eigenvalue weighted by atomic mass is 10.1. The Kier molecular flexibility index (Phi) is 7.60. The number of ether oxygens (including phenoxy) is 1. The van der Waals surface area contributed by atoms with Gasteiger partial charge in [-0.3, -0.25) is 4.79 Å². The Bertz CT molecular complexity index is 1150. The second-order valence-electron chi connectivity index (χ2n) is 8.20. The number of nitrogens with zero attached hydrogens (tertiary/aromatic N) is 2. The predicted molar refractivity (Wildman–Crippen MR) is 132 cm³/mol. The summed E-state index contributed by atoms with van der Waals surface area (Å²) in [4.78, 5) is 15.3. The number of hydrogen-bond donors (Lipinski definition) is 0. The van der Waals surface area contributed by atoms with Gasteiger partial charge in [-0.15, -0.1) is 0 Å². The Balaban J connectivity index is 1.50. The number of carbonyl (C=O) groups excluding carboxylic acids is 1. The summed E-state index contributed by atoms with van der Waals surface area (Å²) in [6.45, 7) is 1.90. The molecule has 1 heterocycles. The number of methoxy groups -OCH3 is 1. The summed E-state index contributed by atoms with van der Waals surface area (Å²) in [5.41, 5.74) is 4.60. The summed E-state index contributed by atoms with van der Waals surface area (Å²) in [5.74, 6) is 1.01. The molecule has 0 aliphatic heterocycles. The SMILES string of the molecule is COc1cccc(Cn2cccc2CN(Cc2ccccc2)C(=O)CCc2ccccc2)c1. The molecule has 0 radical (unpaired) electrons. The molecule has 0 aliphatic carbocycles. The number of aryl methyl sites for hydroxylation is 1. The second-order valence-corrected chi connectivity index (χ2v) is 8.20. The number of hydrogen-bond acceptors (Lipinski definition) is 2. The van der Waals surface area contributed by atoms with Gasteiger partial charge in [-0.1, -0.05) is 72.8 Å². The summed E-state index contributed by atoms with van der Waals surface area (Å²) >= 11 is 0. The Morgan fingerprint density at radius 2 is 1.48 bits per heavy atom. The third-order valence-electron chi connectivity index (χ3n) is 5.80. The molecule has 0 saturated heterocycles. The van der Waals surface area contributed by atoms with E-state index in [0.717, 1.165) is 35.5 Å². The molecule has 1 aromatic heterocycles. The molecule has 0 saturated carbocycles. The molecule has 0 fully saturated rings. The van der Waals surface area contributed by atoms with E-state index in [0.29, 0.717) is 19.5 Å². The molecular formula is C29H30N2O2. The molecule has 4 rings (SSSR count). The summed E-state index contributed by atoms with van der Waals surface area (Å²) in [6.07, 6.45) is 3.31. The van der Waals surface area contributed by atoms with Gasteiger partial charge in [0.05, 0.1) is 13.7 Å². The third-order valence-corrected chi connectivity index (χ3v) is 5.80. The second kappa shape index (κ2) is 11.2. The van der Waals surface area contributed by atoms with Gasteiger partial charge in [0.15, 0.2) is 0 Å². The van der Waals surface area contributed by atoms with Gasteiger partial charge in [-0.25, -0.2) is 0 Å². The lowest BCUT2D eigenvalue weighted by Crippen LogP contribution is -2.31. The highest BCUT2D eigenvalue weighted by molar-refractivity contribution is 5.76. The normalized spacial score (nSPS) is 10.7. The molecule has 33 heavy (non-hydrogen) atoms. The first-order chi connectivity index (χ1) is 16.2.